The van der Waals surface area contributed by atoms with Crippen LogP contribution in [0.1, 0.15) is 13.3 Å². The van der Waals surface area contributed by atoms with Gasteiger partial charge in [0.25, 0.3) is 0 Å². The Morgan fingerprint density at radius 2 is 2.22 bits per heavy atom. The Morgan fingerprint density at radius 3 is 3.00 bits per heavy atom. The summed E-state index contributed by atoms with van der Waals surface area (Å²) in [7, 11) is 0. The molecule has 1 fully saturated rings. The molecule has 1 aromatic carbocycles. The first-order valence-electron chi connectivity index (χ1n) is 6.71. The fraction of sp³-hybridized carbons (Fsp3) is 0.400. The van der Waals surface area contributed by atoms with Crippen LogP contribution in [0, 0.1) is 0 Å². The van der Waals surface area contributed by atoms with E-state index in [-0.39, 0.29) is 0 Å². The van der Waals surface area contributed by atoms with E-state index in [2.05, 4.69) is 46.4 Å². The van der Waals surface area contributed by atoms with Gasteiger partial charge in [0, 0.05) is 36.4 Å². The zero-order valence-electron chi connectivity index (χ0n) is 10.8. The number of fused-ring (bicyclic) bond motifs is 1. The van der Waals surface area contributed by atoms with Gasteiger partial charge in [0.05, 0.1) is 5.52 Å². The lowest BCUT2D eigenvalue weighted by molar-refractivity contribution is 0.650. The van der Waals surface area contributed by atoms with E-state index in [4.69, 9.17) is 0 Å². The first-order chi connectivity index (χ1) is 8.90. The molecule has 1 saturated heterocycles. The summed E-state index contributed by atoms with van der Waals surface area (Å²) in [6, 6.07) is 11.1. The molecule has 1 unspecified atom stereocenters. The Labute approximate surface area is 108 Å². The van der Waals surface area contributed by atoms with Crippen molar-refractivity contribution in [1.82, 2.24) is 10.3 Å². The molecule has 94 valence electrons. The van der Waals surface area contributed by atoms with Gasteiger partial charge in [0.2, 0.25) is 0 Å². The van der Waals surface area contributed by atoms with Crippen molar-refractivity contribution in [2.75, 3.05) is 24.5 Å². The molecule has 3 heteroatoms. The third-order valence-electron chi connectivity index (χ3n) is 3.75. The van der Waals surface area contributed by atoms with Crippen LogP contribution in [0.15, 0.2) is 36.5 Å². The highest BCUT2D eigenvalue weighted by atomic mass is 15.2. The van der Waals surface area contributed by atoms with Crippen molar-refractivity contribution in [1.29, 1.82) is 0 Å². The second kappa shape index (κ2) is 4.94. The Bertz CT molecular complexity index is 527. The molecule has 1 N–H and O–H groups in total. The lowest BCUT2D eigenvalue weighted by Gasteiger charge is -2.30. The maximum Gasteiger partial charge on any atom is 0.0722 e. The van der Waals surface area contributed by atoms with Gasteiger partial charge in [0.15, 0.2) is 0 Å². The maximum absolute atomic E-state index is 4.44. The van der Waals surface area contributed by atoms with E-state index in [1.54, 1.807) is 0 Å². The van der Waals surface area contributed by atoms with Crippen LogP contribution in [0.25, 0.3) is 10.9 Å². The molecular formula is C15H19N3. The summed E-state index contributed by atoms with van der Waals surface area (Å²) in [6.07, 6.45) is 3.15. The molecule has 18 heavy (non-hydrogen) atoms. The van der Waals surface area contributed by atoms with Crippen LogP contribution in [0.4, 0.5) is 5.69 Å². The van der Waals surface area contributed by atoms with E-state index in [1.807, 2.05) is 12.3 Å². The molecule has 1 atom stereocenters. The van der Waals surface area contributed by atoms with Gasteiger partial charge in [-0.3, -0.25) is 4.98 Å². The zero-order valence-corrected chi connectivity index (χ0v) is 10.8. The van der Waals surface area contributed by atoms with E-state index in [9.17, 15) is 0 Å². The number of hydrogen-bond acceptors (Lipinski definition) is 3. The highest BCUT2D eigenvalue weighted by molar-refractivity contribution is 5.91. The van der Waals surface area contributed by atoms with Crippen LogP contribution in [-0.4, -0.2) is 30.7 Å². The number of para-hydroxylation sites is 1. The van der Waals surface area contributed by atoms with Gasteiger partial charge >= 0.3 is 0 Å². The number of likely N-dealkylation sites (N-methyl/N-ethyl adjacent to an activating group) is 1. The number of anilines is 1. The molecule has 3 rings (SSSR count). The van der Waals surface area contributed by atoms with Gasteiger partial charge in [-0.15, -0.1) is 0 Å². The average Bonchev–Trinajstić information content (AvgIpc) is 2.94. The van der Waals surface area contributed by atoms with Crippen molar-refractivity contribution >= 4 is 16.6 Å². The van der Waals surface area contributed by atoms with Crippen LogP contribution in [-0.2, 0) is 0 Å². The Hall–Kier alpha value is -1.61. The third kappa shape index (κ3) is 1.95. The lowest BCUT2D eigenvalue weighted by atomic mass is 10.1. The number of nitrogens with zero attached hydrogens (tertiary/aromatic N) is 2. The summed E-state index contributed by atoms with van der Waals surface area (Å²) in [6.45, 7) is 5.49. The van der Waals surface area contributed by atoms with Gasteiger partial charge in [-0.05, 0) is 32.0 Å². The van der Waals surface area contributed by atoms with Crippen molar-refractivity contribution in [3.8, 4) is 0 Å². The van der Waals surface area contributed by atoms with E-state index in [1.165, 1.54) is 17.5 Å². The van der Waals surface area contributed by atoms with Gasteiger partial charge in [-0.1, -0.05) is 18.2 Å². The molecule has 0 spiro atoms. The fourth-order valence-corrected chi connectivity index (χ4v) is 2.86. The first kappa shape index (κ1) is 11.5. The van der Waals surface area contributed by atoms with Crippen molar-refractivity contribution in [3.05, 3.63) is 36.5 Å². The molecule has 1 aliphatic rings. The van der Waals surface area contributed by atoms with Crippen LogP contribution < -0.4 is 10.2 Å². The fourth-order valence-electron chi connectivity index (χ4n) is 2.86. The molecule has 0 radical (unpaired) electrons. The molecule has 3 nitrogen and oxygen atoms in total. The summed E-state index contributed by atoms with van der Waals surface area (Å²) in [5.41, 5.74) is 2.40. The number of aromatic nitrogens is 1. The Kier molecular flexibility index (Phi) is 3.15. The van der Waals surface area contributed by atoms with Crippen molar-refractivity contribution in [2.45, 2.75) is 19.4 Å². The van der Waals surface area contributed by atoms with E-state index >= 15 is 0 Å². The summed E-state index contributed by atoms with van der Waals surface area (Å²) in [4.78, 5) is 6.95. The number of nitrogens with one attached hydrogen (secondary N) is 1. The largest absolute Gasteiger partial charge is 0.367 e. The molecule has 1 aromatic heterocycles. The smallest absolute Gasteiger partial charge is 0.0722 e. The zero-order chi connectivity index (χ0) is 12.4. The monoisotopic (exact) mass is 241 g/mol. The van der Waals surface area contributed by atoms with Gasteiger partial charge < -0.3 is 10.2 Å². The minimum atomic E-state index is 0.612. The Balaban J connectivity index is 2.06. The van der Waals surface area contributed by atoms with Crippen LogP contribution in [0.3, 0.4) is 0 Å². The number of pyridine rings is 1. The highest BCUT2D eigenvalue weighted by Crippen LogP contribution is 2.27. The quantitative estimate of drug-likeness (QED) is 0.894. The van der Waals surface area contributed by atoms with Crippen molar-refractivity contribution in [3.63, 3.8) is 0 Å². The molecule has 1 aliphatic heterocycles. The minimum absolute atomic E-state index is 0.612. The van der Waals surface area contributed by atoms with Crippen LogP contribution >= 0.6 is 0 Å². The highest BCUT2D eigenvalue weighted by Gasteiger charge is 2.22. The Morgan fingerprint density at radius 1 is 1.33 bits per heavy atom. The molecular weight excluding hydrogens is 222 g/mol. The van der Waals surface area contributed by atoms with E-state index in [0.717, 1.165) is 25.2 Å². The summed E-state index contributed by atoms with van der Waals surface area (Å²) in [5.74, 6) is 0. The second-order valence-corrected chi connectivity index (χ2v) is 4.78. The molecule has 0 saturated carbocycles. The molecule has 0 aliphatic carbocycles. The SMILES string of the molecule is CCN(c1ccnc2ccccc12)C1CCNC1. The van der Waals surface area contributed by atoms with Gasteiger partial charge in [-0.25, -0.2) is 0 Å². The van der Waals surface area contributed by atoms with Crippen LogP contribution in [0.2, 0.25) is 0 Å². The summed E-state index contributed by atoms with van der Waals surface area (Å²) >= 11 is 0. The normalized spacial score (nSPS) is 19.3. The molecule has 2 heterocycles. The standard InChI is InChI=1S/C15H19N3/c1-2-18(12-7-9-16-11-12)15-8-10-17-14-6-4-3-5-13(14)15/h3-6,8,10,12,16H,2,7,9,11H2,1H3. The molecule has 2 aromatic rings. The van der Waals surface area contributed by atoms with Crippen LogP contribution in [0.5, 0.6) is 0 Å². The maximum atomic E-state index is 4.44. The van der Waals surface area contributed by atoms with E-state index in [0.29, 0.717) is 6.04 Å². The molecule has 0 bridgehead atoms. The summed E-state index contributed by atoms with van der Waals surface area (Å²) in [5, 5.41) is 4.71. The third-order valence-corrected chi connectivity index (χ3v) is 3.75. The number of rotatable bonds is 3. The summed E-state index contributed by atoms with van der Waals surface area (Å²) < 4.78 is 0. The average molecular weight is 241 g/mol. The first-order valence-corrected chi connectivity index (χ1v) is 6.71. The van der Waals surface area contributed by atoms with E-state index < -0.39 is 0 Å². The van der Waals surface area contributed by atoms with Crippen molar-refractivity contribution < 1.29 is 0 Å². The van der Waals surface area contributed by atoms with Gasteiger partial charge in [-0.2, -0.15) is 0 Å². The predicted molar refractivity (Wildman–Crippen MR) is 76.0 cm³/mol. The second-order valence-electron chi connectivity index (χ2n) is 4.78. The van der Waals surface area contributed by atoms with Crippen molar-refractivity contribution in [2.24, 2.45) is 0 Å². The topological polar surface area (TPSA) is 28.2 Å². The lowest BCUT2D eigenvalue weighted by Crippen LogP contribution is -2.36. The number of hydrogen-bond donors (Lipinski definition) is 1. The minimum Gasteiger partial charge on any atom is -0.367 e. The molecule has 0 amide bonds. The number of benzene rings is 1. The van der Waals surface area contributed by atoms with Gasteiger partial charge in [0.1, 0.15) is 0 Å². The predicted octanol–water partition coefficient (Wildman–Crippen LogP) is 2.42.